The second-order valence-electron chi connectivity index (χ2n) is 11.0. The summed E-state index contributed by atoms with van der Waals surface area (Å²) in [5.74, 6) is -1.14. The number of nitrogen functional groups attached to an aromatic ring is 1. The van der Waals surface area contributed by atoms with Gasteiger partial charge in [-0.2, -0.15) is 0 Å². The molecule has 0 unspecified atom stereocenters. The van der Waals surface area contributed by atoms with E-state index in [4.69, 9.17) is 14.9 Å². The van der Waals surface area contributed by atoms with E-state index in [-0.39, 0.29) is 30.9 Å². The maximum absolute atomic E-state index is 14.5. The van der Waals surface area contributed by atoms with Gasteiger partial charge in [0.2, 0.25) is 0 Å². The fourth-order valence-corrected chi connectivity index (χ4v) is 12.8. The number of ether oxygens (including phenoxy) is 1. The van der Waals surface area contributed by atoms with Crippen molar-refractivity contribution in [3.63, 3.8) is 0 Å². The first-order valence-corrected chi connectivity index (χ1v) is 17.1. The van der Waals surface area contributed by atoms with Crippen molar-refractivity contribution in [3.05, 3.63) is 113 Å². The van der Waals surface area contributed by atoms with Crippen molar-refractivity contribution >= 4 is 43.9 Å². The summed E-state index contributed by atoms with van der Waals surface area (Å²) in [6.07, 6.45) is 0.850. The Balaban J connectivity index is 1.49. The van der Waals surface area contributed by atoms with E-state index < -0.39 is 31.9 Å². The molecular formula is C31H34FN3O3SeSi. The van der Waals surface area contributed by atoms with Crippen molar-refractivity contribution in [2.75, 3.05) is 12.3 Å². The molecule has 1 saturated heterocycles. The summed E-state index contributed by atoms with van der Waals surface area (Å²) in [6.45, 7) is 7.06. The number of nitrogens with two attached hydrogens (primary N) is 1. The van der Waals surface area contributed by atoms with Crippen molar-refractivity contribution in [1.82, 2.24) is 9.55 Å². The number of hydrogen-bond acceptors (Lipinski definition) is 5. The Morgan fingerprint density at radius 1 is 1.00 bits per heavy atom. The number of rotatable bonds is 8. The number of benzene rings is 3. The van der Waals surface area contributed by atoms with Crippen molar-refractivity contribution in [2.45, 2.75) is 49.4 Å². The molecule has 2 N–H and O–H groups in total. The SMILES string of the molecule is CC(C)(C)[Si](OC[C@@H]1C[C@@H]([Se]c2ccccc2)[C@H](n2cc(F)c(N)nc2=O)O1)(c1ccccc1)c1ccccc1. The van der Waals surface area contributed by atoms with E-state index in [1.807, 2.05) is 30.3 Å². The molecule has 6 nitrogen and oxygen atoms in total. The van der Waals surface area contributed by atoms with E-state index in [9.17, 15) is 9.18 Å². The Morgan fingerprint density at radius 3 is 2.10 bits per heavy atom. The monoisotopic (exact) mass is 623 g/mol. The van der Waals surface area contributed by atoms with Crippen LogP contribution in [0, 0.1) is 5.82 Å². The zero-order valence-electron chi connectivity index (χ0n) is 22.9. The molecule has 9 heteroatoms. The first kappa shape index (κ1) is 28.5. The Hall–Kier alpha value is -3.07. The van der Waals surface area contributed by atoms with E-state index in [1.54, 1.807) is 0 Å². The molecule has 2 heterocycles. The average molecular weight is 623 g/mol. The third-order valence-corrected chi connectivity index (χ3v) is 15.0. The number of hydrogen-bond donors (Lipinski definition) is 1. The van der Waals surface area contributed by atoms with Crippen LogP contribution in [-0.2, 0) is 9.16 Å². The normalized spacial score (nSPS) is 19.6. The number of aromatic nitrogens is 2. The van der Waals surface area contributed by atoms with Crippen molar-refractivity contribution < 1.29 is 13.6 Å². The van der Waals surface area contributed by atoms with Gasteiger partial charge in [0.15, 0.2) is 0 Å². The molecule has 0 aliphatic carbocycles. The molecule has 0 bridgehead atoms. The molecule has 0 spiro atoms. The van der Waals surface area contributed by atoms with Crippen LogP contribution in [-0.4, -0.2) is 45.5 Å². The molecule has 4 aromatic rings. The molecule has 0 saturated carbocycles. The van der Waals surface area contributed by atoms with Crippen LogP contribution in [0.3, 0.4) is 0 Å². The second kappa shape index (κ2) is 11.8. The maximum atomic E-state index is 14.5. The third kappa shape index (κ3) is 5.71. The first-order chi connectivity index (χ1) is 19.2. The van der Waals surface area contributed by atoms with E-state index in [0.29, 0.717) is 13.0 Å². The van der Waals surface area contributed by atoms with Gasteiger partial charge < -0.3 is 0 Å². The predicted molar refractivity (Wildman–Crippen MR) is 161 cm³/mol. The van der Waals surface area contributed by atoms with Gasteiger partial charge in [-0.25, -0.2) is 0 Å². The molecule has 3 atom stereocenters. The van der Waals surface area contributed by atoms with Crippen LogP contribution in [0.1, 0.15) is 33.4 Å². The molecule has 0 radical (unpaired) electrons. The summed E-state index contributed by atoms with van der Waals surface area (Å²) >= 11 is -0.0324. The van der Waals surface area contributed by atoms with Gasteiger partial charge in [-0.1, -0.05) is 0 Å². The fraction of sp³-hybridized carbons (Fsp3) is 0.290. The molecule has 1 aliphatic heterocycles. The summed E-state index contributed by atoms with van der Waals surface area (Å²) in [7, 11) is -2.77. The van der Waals surface area contributed by atoms with Gasteiger partial charge in [-0.05, 0) is 0 Å². The van der Waals surface area contributed by atoms with Crippen LogP contribution >= 0.6 is 0 Å². The molecular weight excluding hydrogens is 588 g/mol. The first-order valence-electron chi connectivity index (χ1n) is 13.4. The minimum atomic E-state index is -2.77. The summed E-state index contributed by atoms with van der Waals surface area (Å²) < 4.78 is 30.5. The number of anilines is 1. The molecule has 0 amide bonds. The summed E-state index contributed by atoms with van der Waals surface area (Å²) in [5, 5.41) is 2.20. The Bertz CT molecular complexity index is 1440. The summed E-state index contributed by atoms with van der Waals surface area (Å²) in [4.78, 5) is 16.5. The minimum absolute atomic E-state index is 0.0230. The van der Waals surface area contributed by atoms with Gasteiger partial charge in [0.05, 0.1) is 0 Å². The van der Waals surface area contributed by atoms with Gasteiger partial charge in [-0.15, -0.1) is 0 Å². The van der Waals surface area contributed by atoms with E-state index in [0.717, 1.165) is 6.20 Å². The van der Waals surface area contributed by atoms with Crippen LogP contribution < -0.4 is 26.3 Å². The van der Waals surface area contributed by atoms with Crippen molar-refractivity contribution in [1.29, 1.82) is 0 Å². The predicted octanol–water partition coefficient (Wildman–Crippen LogP) is 3.65. The summed E-state index contributed by atoms with van der Waals surface area (Å²) in [5.41, 5.74) is 4.95. The van der Waals surface area contributed by atoms with E-state index in [2.05, 4.69) is 86.4 Å². The molecule has 40 heavy (non-hydrogen) atoms. The van der Waals surface area contributed by atoms with Crippen LogP contribution in [0.5, 0.6) is 0 Å². The van der Waals surface area contributed by atoms with Crippen LogP contribution in [0.25, 0.3) is 0 Å². The average Bonchev–Trinajstić information content (AvgIpc) is 3.34. The fourth-order valence-electron chi connectivity index (χ4n) is 5.47. The van der Waals surface area contributed by atoms with Crippen molar-refractivity contribution in [2.24, 2.45) is 0 Å². The Labute approximate surface area is 241 Å². The second-order valence-corrected chi connectivity index (χ2v) is 18.1. The van der Waals surface area contributed by atoms with Gasteiger partial charge in [0.1, 0.15) is 0 Å². The number of halogens is 1. The zero-order chi connectivity index (χ0) is 28.3. The van der Waals surface area contributed by atoms with Gasteiger partial charge >= 0.3 is 242 Å². The van der Waals surface area contributed by atoms with Gasteiger partial charge in [0, 0.05) is 0 Å². The van der Waals surface area contributed by atoms with E-state index in [1.165, 1.54) is 19.4 Å². The van der Waals surface area contributed by atoms with Crippen LogP contribution in [0.15, 0.2) is 102 Å². The topological polar surface area (TPSA) is 79.4 Å². The summed E-state index contributed by atoms with van der Waals surface area (Å²) in [6, 6.07) is 31.1. The molecule has 5 rings (SSSR count). The Kier molecular flexibility index (Phi) is 8.40. The van der Waals surface area contributed by atoms with Gasteiger partial charge in [0.25, 0.3) is 0 Å². The third-order valence-electron chi connectivity index (χ3n) is 7.29. The molecule has 1 aliphatic rings. The molecule has 208 valence electrons. The number of nitrogens with zero attached hydrogens (tertiary/aromatic N) is 2. The molecule has 3 aromatic carbocycles. The molecule has 1 fully saturated rings. The van der Waals surface area contributed by atoms with E-state index >= 15 is 0 Å². The standard InChI is InChI=1S/C31H34FN3O3SeSi/c1-31(2,3)40(24-15-9-5-10-16-24,25-17-11-6-12-18-25)37-21-22-19-27(39-23-13-7-4-8-14-23)29(38-22)35-20-26(32)28(33)34-30(35)36/h4-18,20,22,27,29H,19,21H2,1-3H3,(H2,33,34,36)/t22-,27+,29+/m0/s1. The quantitative estimate of drug-likeness (QED) is 0.304. The zero-order valence-corrected chi connectivity index (χ0v) is 25.6. The van der Waals surface area contributed by atoms with Gasteiger partial charge in [-0.3, -0.25) is 0 Å². The van der Waals surface area contributed by atoms with Crippen molar-refractivity contribution in [3.8, 4) is 0 Å². The Morgan fingerprint density at radius 2 is 1.55 bits per heavy atom. The van der Waals surface area contributed by atoms with Crippen LogP contribution in [0.4, 0.5) is 10.2 Å². The van der Waals surface area contributed by atoms with Crippen LogP contribution in [0.2, 0.25) is 9.85 Å². The molecule has 1 aromatic heterocycles.